The normalized spacial score (nSPS) is 17.7. The molecule has 0 saturated heterocycles. The van der Waals surface area contributed by atoms with Gasteiger partial charge in [-0.05, 0) is 36.8 Å². The van der Waals surface area contributed by atoms with Crippen LogP contribution < -0.4 is 11.3 Å². The first-order valence-corrected chi connectivity index (χ1v) is 5.73. The predicted molar refractivity (Wildman–Crippen MR) is 61.0 cm³/mol. The average molecular weight is 205 g/mol. The minimum absolute atomic E-state index is 0.398. The van der Waals surface area contributed by atoms with Crippen LogP contribution in [0.4, 0.5) is 0 Å². The highest BCUT2D eigenvalue weighted by Crippen LogP contribution is 2.34. The first-order valence-electron chi connectivity index (χ1n) is 5.73. The van der Waals surface area contributed by atoms with Crippen molar-refractivity contribution in [3.05, 3.63) is 30.1 Å². The van der Waals surface area contributed by atoms with Crippen molar-refractivity contribution in [2.75, 3.05) is 0 Å². The lowest BCUT2D eigenvalue weighted by Gasteiger charge is -2.15. The molecule has 82 valence electrons. The van der Waals surface area contributed by atoms with Gasteiger partial charge in [0.1, 0.15) is 0 Å². The van der Waals surface area contributed by atoms with Crippen molar-refractivity contribution in [3.63, 3.8) is 0 Å². The Morgan fingerprint density at radius 2 is 2.40 bits per heavy atom. The summed E-state index contributed by atoms with van der Waals surface area (Å²) in [6.07, 6.45) is 10.0. The third-order valence-corrected chi connectivity index (χ3v) is 3.06. The Morgan fingerprint density at radius 3 is 3.00 bits per heavy atom. The molecular formula is C12H19N3. The number of nitrogens with one attached hydrogen (secondary N) is 1. The number of hydrazine groups is 1. The SMILES string of the molecule is NNC(CCC1CC1)Cc1cccnc1. The molecular weight excluding hydrogens is 186 g/mol. The fourth-order valence-electron chi connectivity index (χ4n) is 1.89. The molecule has 1 aliphatic rings. The molecule has 0 radical (unpaired) electrons. The number of pyridine rings is 1. The molecule has 1 heterocycles. The van der Waals surface area contributed by atoms with Gasteiger partial charge in [-0.3, -0.25) is 16.3 Å². The van der Waals surface area contributed by atoms with Crippen LogP contribution in [0.2, 0.25) is 0 Å². The van der Waals surface area contributed by atoms with E-state index in [1.54, 1.807) is 6.20 Å². The lowest BCUT2D eigenvalue weighted by atomic mass is 10.0. The third kappa shape index (κ3) is 3.61. The van der Waals surface area contributed by atoms with E-state index in [0.717, 1.165) is 12.3 Å². The van der Waals surface area contributed by atoms with E-state index in [2.05, 4.69) is 16.5 Å². The topological polar surface area (TPSA) is 50.9 Å². The Bertz CT molecular complexity index is 282. The zero-order valence-corrected chi connectivity index (χ0v) is 9.02. The van der Waals surface area contributed by atoms with Gasteiger partial charge in [0.05, 0.1) is 0 Å². The number of nitrogens with two attached hydrogens (primary N) is 1. The molecule has 0 amide bonds. The molecule has 1 unspecified atom stereocenters. The lowest BCUT2D eigenvalue weighted by molar-refractivity contribution is 0.462. The van der Waals surface area contributed by atoms with E-state index >= 15 is 0 Å². The fourth-order valence-corrected chi connectivity index (χ4v) is 1.89. The molecule has 3 nitrogen and oxygen atoms in total. The van der Waals surface area contributed by atoms with Crippen molar-refractivity contribution in [2.45, 2.75) is 38.1 Å². The molecule has 2 rings (SSSR count). The van der Waals surface area contributed by atoms with E-state index in [-0.39, 0.29) is 0 Å². The Kier molecular flexibility index (Phi) is 3.69. The van der Waals surface area contributed by atoms with Gasteiger partial charge in [0.25, 0.3) is 0 Å². The van der Waals surface area contributed by atoms with E-state index < -0.39 is 0 Å². The minimum Gasteiger partial charge on any atom is -0.271 e. The molecule has 0 aliphatic heterocycles. The van der Waals surface area contributed by atoms with Gasteiger partial charge in [0, 0.05) is 18.4 Å². The summed E-state index contributed by atoms with van der Waals surface area (Å²) >= 11 is 0. The van der Waals surface area contributed by atoms with Crippen LogP contribution >= 0.6 is 0 Å². The van der Waals surface area contributed by atoms with Crippen LogP contribution in [0, 0.1) is 5.92 Å². The summed E-state index contributed by atoms with van der Waals surface area (Å²) in [5.41, 5.74) is 4.17. The van der Waals surface area contributed by atoms with Gasteiger partial charge in [-0.1, -0.05) is 18.9 Å². The van der Waals surface area contributed by atoms with Crippen LogP contribution in [-0.4, -0.2) is 11.0 Å². The number of aromatic nitrogens is 1. The number of hydrogen-bond acceptors (Lipinski definition) is 3. The fraction of sp³-hybridized carbons (Fsp3) is 0.583. The smallest absolute Gasteiger partial charge is 0.0300 e. The van der Waals surface area contributed by atoms with Crippen LogP contribution in [0.1, 0.15) is 31.2 Å². The third-order valence-electron chi connectivity index (χ3n) is 3.06. The molecule has 1 saturated carbocycles. The maximum Gasteiger partial charge on any atom is 0.0300 e. The second-order valence-electron chi connectivity index (χ2n) is 4.45. The summed E-state index contributed by atoms with van der Waals surface area (Å²) < 4.78 is 0. The molecule has 1 fully saturated rings. The maximum atomic E-state index is 5.56. The van der Waals surface area contributed by atoms with Gasteiger partial charge in [0.15, 0.2) is 0 Å². The van der Waals surface area contributed by atoms with Crippen molar-refractivity contribution in [1.82, 2.24) is 10.4 Å². The number of rotatable bonds is 6. The van der Waals surface area contributed by atoms with Crippen LogP contribution in [0.3, 0.4) is 0 Å². The van der Waals surface area contributed by atoms with Crippen molar-refractivity contribution in [2.24, 2.45) is 11.8 Å². The molecule has 3 heteroatoms. The largest absolute Gasteiger partial charge is 0.271 e. The number of nitrogens with zero attached hydrogens (tertiary/aromatic N) is 1. The summed E-state index contributed by atoms with van der Waals surface area (Å²) in [4.78, 5) is 4.11. The van der Waals surface area contributed by atoms with Gasteiger partial charge in [0.2, 0.25) is 0 Å². The van der Waals surface area contributed by atoms with Crippen molar-refractivity contribution < 1.29 is 0 Å². The van der Waals surface area contributed by atoms with Crippen LogP contribution in [-0.2, 0) is 6.42 Å². The lowest BCUT2D eigenvalue weighted by Crippen LogP contribution is -2.36. The highest BCUT2D eigenvalue weighted by atomic mass is 15.2. The quantitative estimate of drug-likeness (QED) is 0.548. The Labute approximate surface area is 91.1 Å². The summed E-state index contributed by atoms with van der Waals surface area (Å²) in [6.45, 7) is 0. The van der Waals surface area contributed by atoms with E-state index in [1.807, 2.05) is 12.3 Å². The molecule has 0 aromatic carbocycles. The zero-order valence-electron chi connectivity index (χ0n) is 9.02. The van der Waals surface area contributed by atoms with Crippen LogP contribution in [0.15, 0.2) is 24.5 Å². The van der Waals surface area contributed by atoms with Crippen molar-refractivity contribution in [1.29, 1.82) is 0 Å². The van der Waals surface area contributed by atoms with Crippen molar-refractivity contribution in [3.8, 4) is 0 Å². The zero-order chi connectivity index (χ0) is 10.5. The van der Waals surface area contributed by atoms with Gasteiger partial charge in [-0.25, -0.2) is 0 Å². The van der Waals surface area contributed by atoms with E-state index in [1.165, 1.54) is 31.2 Å². The monoisotopic (exact) mass is 205 g/mol. The van der Waals surface area contributed by atoms with Gasteiger partial charge < -0.3 is 0 Å². The molecule has 1 aliphatic carbocycles. The van der Waals surface area contributed by atoms with Gasteiger partial charge >= 0.3 is 0 Å². The minimum atomic E-state index is 0.398. The highest BCUT2D eigenvalue weighted by Gasteiger charge is 2.22. The summed E-state index contributed by atoms with van der Waals surface area (Å²) in [6, 6.07) is 4.48. The molecule has 3 N–H and O–H groups in total. The molecule has 1 aromatic heterocycles. The van der Waals surface area contributed by atoms with E-state index in [9.17, 15) is 0 Å². The second-order valence-corrected chi connectivity index (χ2v) is 4.45. The first-order chi connectivity index (χ1) is 7.38. The van der Waals surface area contributed by atoms with Gasteiger partial charge in [-0.2, -0.15) is 0 Å². The van der Waals surface area contributed by atoms with Gasteiger partial charge in [-0.15, -0.1) is 0 Å². The molecule has 1 atom stereocenters. The Balaban J connectivity index is 1.78. The van der Waals surface area contributed by atoms with Crippen LogP contribution in [0.5, 0.6) is 0 Å². The summed E-state index contributed by atoms with van der Waals surface area (Å²) in [5.74, 6) is 6.54. The average Bonchev–Trinajstić information content (AvgIpc) is 3.09. The van der Waals surface area contributed by atoms with Crippen LogP contribution in [0.25, 0.3) is 0 Å². The first kappa shape index (κ1) is 10.6. The number of hydrogen-bond donors (Lipinski definition) is 2. The summed E-state index contributed by atoms with van der Waals surface area (Å²) in [7, 11) is 0. The standard InChI is InChI=1S/C12H19N3/c13-15-12(6-5-10-3-4-10)8-11-2-1-7-14-9-11/h1-2,7,9-10,12,15H,3-6,8,13H2. The molecule has 15 heavy (non-hydrogen) atoms. The van der Waals surface area contributed by atoms with Crippen molar-refractivity contribution >= 4 is 0 Å². The predicted octanol–water partition coefficient (Wildman–Crippen LogP) is 1.65. The maximum absolute atomic E-state index is 5.56. The molecule has 0 spiro atoms. The van der Waals surface area contributed by atoms with E-state index in [0.29, 0.717) is 6.04 Å². The van der Waals surface area contributed by atoms with E-state index in [4.69, 9.17) is 5.84 Å². The molecule has 0 bridgehead atoms. The Morgan fingerprint density at radius 1 is 1.53 bits per heavy atom. The molecule has 1 aromatic rings. The summed E-state index contributed by atoms with van der Waals surface area (Å²) in [5, 5.41) is 0. The Hall–Kier alpha value is -0.930. The highest BCUT2D eigenvalue weighted by molar-refractivity contribution is 5.10. The second kappa shape index (κ2) is 5.24.